The molecule has 1 amide bonds. The van der Waals surface area contributed by atoms with Crippen molar-refractivity contribution >= 4 is 23.2 Å². The molecule has 1 aliphatic carbocycles. The van der Waals surface area contributed by atoms with E-state index in [4.69, 9.17) is 25.8 Å². The molecule has 132 valence electrons. The van der Waals surface area contributed by atoms with Crippen molar-refractivity contribution in [2.45, 2.75) is 12.3 Å². The van der Waals surface area contributed by atoms with E-state index in [0.717, 1.165) is 12.0 Å². The summed E-state index contributed by atoms with van der Waals surface area (Å²) in [4.78, 5) is 12.6. The number of benzene rings is 2. The van der Waals surface area contributed by atoms with Gasteiger partial charge in [-0.25, -0.2) is 0 Å². The number of anilines is 1. The van der Waals surface area contributed by atoms with Gasteiger partial charge in [-0.15, -0.1) is 0 Å². The Kier molecular flexibility index (Phi) is 5.04. The van der Waals surface area contributed by atoms with E-state index in [1.165, 1.54) is 21.3 Å². The number of halogens is 1. The molecule has 2 unspecified atom stereocenters. The Balaban J connectivity index is 1.75. The predicted molar refractivity (Wildman–Crippen MR) is 97.0 cm³/mol. The molecule has 1 fully saturated rings. The normalized spacial score (nSPS) is 18.4. The Hall–Kier alpha value is -2.40. The molecule has 5 nitrogen and oxygen atoms in total. The third-order valence-corrected chi connectivity index (χ3v) is 4.71. The lowest BCUT2D eigenvalue weighted by atomic mass is 10.1. The van der Waals surface area contributed by atoms with Gasteiger partial charge in [0.1, 0.15) is 0 Å². The number of rotatable bonds is 6. The topological polar surface area (TPSA) is 56.8 Å². The van der Waals surface area contributed by atoms with Crippen molar-refractivity contribution in [1.82, 2.24) is 0 Å². The van der Waals surface area contributed by atoms with E-state index in [-0.39, 0.29) is 17.7 Å². The maximum atomic E-state index is 12.6. The third-order valence-electron chi connectivity index (χ3n) is 4.36. The van der Waals surface area contributed by atoms with E-state index in [2.05, 4.69) is 5.32 Å². The number of ether oxygens (including phenoxy) is 3. The molecule has 0 aromatic heterocycles. The Morgan fingerprint density at radius 3 is 2.28 bits per heavy atom. The smallest absolute Gasteiger partial charge is 0.228 e. The largest absolute Gasteiger partial charge is 0.493 e. The summed E-state index contributed by atoms with van der Waals surface area (Å²) < 4.78 is 15.9. The lowest BCUT2D eigenvalue weighted by Crippen LogP contribution is -2.15. The maximum Gasteiger partial charge on any atom is 0.228 e. The Labute approximate surface area is 151 Å². The highest BCUT2D eigenvalue weighted by molar-refractivity contribution is 6.31. The fourth-order valence-electron chi connectivity index (χ4n) is 2.99. The lowest BCUT2D eigenvalue weighted by molar-refractivity contribution is -0.117. The average Bonchev–Trinajstić information content (AvgIpc) is 3.41. The first-order valence-corrected chi connectivity index (χ1v) is 8.32. The predicted octanol–water partition coefficient (Wildman–Crippen LogP) is 4.11. The van der Waals surface area contributed by atoms with Gasteiger partial charge in [0.25, 0.3) is 0 Å². The number of methoxy groups -OCH3 is 3. The number of nitrogens with one attached hydrogen (secondary N) is 1. The zero-order valence-corrected chi connectivity index (χ0v) is 15.1. The van der Waals surface area contributed by atoms with Crippen LogP contribution >= 0.6 is 11.6 Å². The number of amides is 1. The van der Waals surface area contributed by atoms with E-state index >= 15 is 0 Å². The van der Waals surface area contributed by atoms with Gasteiger partial charge in [0.2, 0.25) is 11.7 Å². The van der Waals surface area contributed by atoms with Crippen LogP contribution in [0.4, 0.5) is 5.69 Å². The van der Waals surface area contributed by atoms with Crippen molar-refractivity contribution in [1.29, 1.82) is 0 Å². The van der Waals surface area contributed by atoms with E-state index in [1.54, 1.807) is 12.1 Å². The second kappa shape index (κ2) is 7.23. The first-order chi connectivity index (χ1) is 12.1. The van der Waals surface area contributed by atoms with Crippen molar-refractivity contribution in [3.8, 4) is 17.2 Å². The van der Waals surface area contributed by atoms with Crippen molar-refractivity contribution < 1.29 is 19.0 Å². The Morgan fingerprint density at radius 1 is 1.08 bits per heavy atom. The Bertz CT molecular complexity index is 768. The van der Waals surface area contributed by atoms with Crippen LogP contribution in [0.1, 0.15) is 17.9 Å². The lowest BCUT2D eigenvalue weighted by Gasteiger charge is -2.14. The van der Waals surface area contributed by atoms with Crippen LogP contribution in [0.5, 0.6) is 17.2 Å². The quantitative estimate of drug-likeness (QED) is 0.841. The van der Waals surface area contributed by atoms with Crippen molar-refractivity contribution in [2.75, 3.05) is 26.6 Å². The molecule has 3 rings (SSSR count). The number of hydrogen-bond acceptors (Lipinski definition) is 4. The zero-order chi connectivity index (χ0) is 18.0. The van der Waals surface area contributed by atoms with Crippen LogP contribution in [0.25, 0.3) is 0 Å². The summed E-state index contributed by atoms with van der Waals surface area (Å²) in [6.45, 7) is 0. The molecule has 0 aliphatic heterocycles. The fourth-order valence-corrected chi connectivity index (χ4v) is 3.27. The van der Waals surface area contributed by atoms with Gasteiger partial charge in [-0.3, -0.25) is 4.79 Å². The minimum atomic E-state index is -0.0843. The molecule has 1 aliphatic rings. The molecule has 1 N–H and O–H groups in total. The van der Waals surface area contributed by atoms with Crippen LogP contribution in [-0.2, 0) is 4.79 Å². The second-order valence-corrected chi connectivity index (χ2v) is 6.28. The summed E-state index contributed by atoms with van der Waals surface area (Å²) in [5.74, 6) is 1.52. The van der Waals surface area contributed by atoms with Gasteiger partial charge in [-0.1, -0.05) is 29.8 Å². The SMILES string of the molecule is COc1cc(NC(=O)C2CC2c2ccccc2Cl)cc(OC)c1OC. The standard InChI is InChI=1S/C19H20ClNO4/c1-23-16-8-11(9-17(24-2)18(16)25-3)21-19(22)14-10-13(14)12-6-4-5-7-15(12)20/h4-9,13-14H,10H2,1-3H3,(H,21,22). The van der Waals surface area contributed by atoms with E-state index < -0.39 is 0 Å². The first-order valence-electron chi connectivity index (χ1n) is 7.94. The summed E-state index contributed by atoms with van der Waals surface area (Å²) in [6.07, 6.45) is 0.792. The molecule has 0 bridgehead atoms. The molecule has 0 radical (unpaired) electrons. The first kappa shape index (κ1) is 17.4. The monoisotopic (exact) mass is 361 g/mol. The van der Waals surface area contributed by atoms with Gasteiger partial charge >= 0.3 is 0 Å². The van der Waals surface area contributed by atoms with Crippen LogP contribution in [0, 0.1) is 5.92 Å². The summed E-state index contributed by atoms with van der Waals surface area (Å²) >= 11 is 6.22. The molecule has 2 aromatic rings. The maximum absolute atomic E-state index is 12.6. The molecule has 0 spiro atoms. The summed E-state index contributed by atoms with van der Waals surface area (Å²) in [6, 6.07) is 11.1. The third kappa shape index (κ3) is 3.51. The van der Waals surface area contributed by atoms with E-state index in [1.807, 2.05) is 24.3 Å². The van der Waals surface area contributed by atoms with Gasteiger partial charge in [0, 0.05) is 28.8 Å². The molecular weight excluding hydrogens is 342 g/mol. The van der Waals surface area contributed by atoms with Crippen LogP contribution in [0.3, 0.4) is 0 Å². The molecule has 0 saturated heterocycles. The summed E-state index contributed by atoms with van der Waals surface area (Å²) in [5.41, 5.74) is 1.62. The van der Waals surface area contributed by atoms with Crippen molar-refractivity contribution in [2.24, 2.45) is 5.92 Å². The number of carbonyl (C=O) groups is 1. The van der Waals surface area contributed by atoms with E-state index in [9.17, 15) is 4.79 Å². The molecule has 6 heteroatoms. The highest BCUT2D eigenvalue weighted by Crippen LogP contribution is 2.50. The van der Waals surface area contributed by atoms with Crippen molar-refractivity contribution in [3.63, 3.8) is 0 Å². The van der Waals surface area contributed by atoms with Gasteiger partial charge in [0.05, 0.1) is 21.3 Å². The summed E-state index contributed by atoms with van der Waals surface area (Å²) in [5, 5.41) is 3.63. The fraction of sp³-hybridized carbons (Fsp3) is 0.316. The summed E-state index contributed by atoms with van der Waals surface area (Å²) in [7, 11) is 4.62. The van der Waals surface area contributed by atoms with Crippen LogP contribution < -0.4 is 19.5 Å². The van der Waals surface area contributed by atoms with Crippen LogP contribution in [0.15, 0.2) is 36.4 Å². The highest BCUT2D eigenvalue weighted by atomic mass is 35.5. The van der Waals surface area contributed by atoms with Gasteiger partial charge < -0.3 is 19.5 Å². The van der Waals surface area contributed by atoms with Gasteiger partial charge in [-0.2, -0.15) is 0 Å². The van der Waals surface area contributed by atoms with Gasteiger partial charge in [-0.05, 0) is 24.0 Å². The second-order valence-electron chi connectivity index (χ2n) is 5.87. The number of hydrogen-bond donors (Lipinski definition) is 1. The van der Waals surface area contributed by atoms with Crippen LogP contribution in [-0.4, -0.2) is 27.2 Å². The molecule has 0 heterocycles. The molecule has 2 aromatic carbocycles. The molecule has 25 heavy (non-hydrogen) atoms. The van der Waals surface area contributed by atoms with Gasteiger partial charge in [0.15, 0.2) is 11.5 Å². The zero-order valence-electron chi connectivity index (χ0n) is 14.3. The van der Waals surface area contributed by atoms with E-state index in [0.29, 0.717) is 28.0 Å². The van der Waals surface area contributed by atoms with Crippen LogP contribution in [0.2, 0.25) is 5.02 Å². The Morgan fingerprint density at radius 2 is 1.72 bits per heavy atom. The minimum absolute atomic E-state index is 0.0424. The highest BCUT2D eigenvalue weighted by Gasteiger charge is 2.44. The molecule has 2 atom stereocenters. The molecule has 1 saturated carbocycles. The molecular formula is C19H20ClNO4. The number of carbonyl (C=O) groups excluding carboxylic acids is 1. The van der Waals surface area contributed by atoms with Crippen molar-refractivity contribution in [3.05, 3.63) is 47.0 Å². The average molecular weight is 362 g/mol. The minimum Gasteiger partial charge on any atom is -0.493 e.